The van der Waals surface area contributed by atoms with Crippen LogP contribution in [-0.4, -0.2) is 37.4 Å². The minimum atomic E-state index is -0.326. The SMILES string of the molecule is Cc1onc(-c2ccc(F)cc2)c1COc1ccc(N2CCn3ccnc3C2=O)nn1. The van der Waals surface area contributed by atoms with E-state index < -0.39 is 0 Å². The molecule has 0 fully saturated rings. The molecule has 31 heavy (non-hydrogen) atoms. The summed E-state index contributed by atoms with van der Waals surface area (Å²) < 4.78 is 26.1. The van der Waals surface area contributed by atoms with E-state index in [-0.39, 0.29) is 18.3 Å². The molecule has 3 aromatic heterocycles. The molecule has 0 bridgehead atoms. The molecule has 0 saturated carbocycles. The highest BCUT2D eigenvalue weighted by molar-refractivity contribution is 6.03. The molecule has 156 valence electrons. The maximum Gasteiger partial charge on any atom is 0.295 e. The summed E-state index contributed by atoms with van der Waals surface area (Å²) in [7, 11) is 0. The van der Waals surface area contributed by atoms with Crippen molar-refractivity contribution in [2.45, 2.75) is 20.1 Å². The zero-order valence-electron chi connectivity index (χ0n) is 16.5. The minimum absolute atomic E-state index is 0.149. The fourth-order valence-corrected chi connectivity index (χ4v) is 3.41. The highest BCUT2D eigenvalue weighted by Gasteiger charge is 2.27. The molecule has 5 rings (SSSR count). The highest BCUT2D eigenvalue weighted by Crippen LogP contribution is 2.27. The van der Waals surface area contributed by atoms with Crippen LogP contribution in [0.1, 0.15) is 21.9 Å². The molecule has 0 aliphatic carbocycles. The van der Waals surface area contributed by atoms with E-state index in [9.17, 15) is 9.18 Å². The van der Waals surface area contributed by atoms with E-state index in [1.54, 1.807) is 43.6 Å². The zero-order valence-corrected chi connectivity index (χ0v) is 16.5. The third kappa shape index (κ3) is 3.52. The summed E-state index contributed by atoms with van der Waals surface area (Å²) in [5.74, 6) is 1.15. The van der Waals surface area contributed by atoms with Gasteiger partial charge < -0.3 is 13.8 Å². The number of imidazole rings is 1. The summed E-state index contributed by atoms with van der Waals surface area (Å²) in [4.78, 5) is 18.2. The van der Waals surface area contributed by atoms with Gasteiger partial charge in [0.05, 0.1) is 5.56 Å². The van der Waals surface area contributed by atoms with E-state index in [0.717, 1.165) is 11.1 Å². The topological polar surface area (TPSA) is 99.2 Å². The number of halogens is 1. The number of ether oxygens (including phenoxy) is 1. The van der Waals surface area contributed by atoms with E-state index in [1.807, 2.05) is 4.57 Å². The van der Waals surface area contributed by atoms with Gasteiger partial charge in [-0.25, -0.2) is 9.37 Å². The average molecular weight is 420 g/mol. The first-order valence-electron chi connectivity index (χ1n) is 9.61. The summed E-state index contributed by atoms with van der Waals surface area (Å²) in [6.45, 7) is 3.05. The Bertz CT molecular complexity index is 1230. The van der Waals surface area contributed by atoms with Gasteiger partial charge in [-0.15, -0.1) is 10.2 Å². The molecule has 0 unspecified atom stereocenters. The van der Waals surface area contributed by atoms with Crippen molar-refractivity contribution in [3.8, 4) is 17.1 Å². The van der Waals surface area contributed by atoms with Gasteiger partial charge in [0.25, 0.3) is 5.91 Å². The summed E-state index contributed by atoms with van der Waals surface area (Å²) in [6, 6.07) is 9.32. The maximum absolute atomic E-state index is 13.2. The van der Waals surface area contributed by atoms with Crippen LogP contribution in [0, 0.1) is 12.7 Å². The molecule has 10 heteroatoms. The molecule has 9 nitrogen and oxygen atoms in total. The lowest BCUT2D eigenvalue weighted by molar-refractivity contribution is 0.0958. The molecule has 1 aliphatic rings. The molecule has 4 heterocycles. The number of hydrogen-bond donors (Lipinski definition) is 0. The van der Waals surface area contributed by atoms with Crippen molar-refractivity contribution in [2.24, 2.45) is 0 Å². The van der Waals surface area contributed by atoms with E-state index in [0.29, 0.717) is 42.1 Å². The second kappa shape index (κ2) is 7.63. The van der Waals surface area contributed by atoms with Crippen LogP contribution in [0.4, 0.5) is 10.2 Å². The predicted molar refractivity (Wildman–Crippen MR) is 107 cm³/mol. The first-order chi connectivity index (χ1) is 15.1. The van der Waals surface area contributed by atoms with Crippen LogP contribution < -0.4 is 9.64 Å². The summed E-state index contributed by atoms with van der Waals surface area (Å²) in [5, 5.41) is 12.3. The van der Waals surface area contributed by atoms with Gasteiger partial charge in [-0.05, 0) is 37.3 Å². The van der Waals surface area contributed by atoms with Crippen molar-refractivity contribution < 1.29 is 18.4 Å². The van der Waals surface area contributed by atoms with Gasteiger partial charge in [0.1, 0.15) is 23.9 Å². The van der Waals surface area contributed by atoms with Gasteiger partial charge in [-0.2, -0.15) is 0 Å². The second-order valence-electron chi connectivity index (χ2n) is 6.99. The van der Waals surface area contributed by atoms with Crippen molar-refractivity contribution in [2.75, 3.05) is 11.4 Å². The largest absolute Gasteiger partial charge is 0.472 e. The van der Waals surface area contributed by atoms with E-state index in [1.165, 1.54) is 17.0 Å². The van der Waals surface area contributed by atoms with Crippen LogP contribution in [0.3, 0.4) is 0 Å². The summed E-state index contributed by atoms with van der Waals surface area (Å²) in [5.41, 5.74) is 2.03. The predicted octanol–water partition coefficient (Wildman–Crippen LogP) is 3.02. The molecule has 0 atom stereocenters. The minimum Gasteiger partial charge on any atom is -0.472 e. The third-order valence-corrected chi connectivity index (χ3v) is 5.09. The molecule has 0 saturated heterocycles. The molecular weight excluding hydrogens is 403 g/mol. The molecular formula is C21H17FN6O3. The Morgan fingerprint density at radius 2 is 1.97 bits per heavy atom. The quantitative estimate of drug-likeness (QED) is 0.489. The first-order valence-corrected chi connectivity index (χ1v) is 9.61. The molecule has 1 aromatic carbocycles. The third-order valence-electron chi connectivity index (χ3n) is 5.09. The number of aryl methyl sites for hydroxylation is 1. The molecule has 4 aromatic rings. The van der Waals surface area contributed by atoms with Crippen LogP contribution in [-0.2, 0) is 13.2 Å². The number of nitrogens with zero attached hydrogens (tertiary/aromatic N) is 6. The Balaban J connectivity index is 1.30. The van der Waals surface area contributed by atoms with Crippen LogP contribution in [0.25, 0.3) is 11.3 Å². The molecule has 1 amide bonds. The Hall–Kier alpha value is -4.08. The molecule has 1 aliphatic heterocycles. The second-order valence-corrected chi connectivity index (χ2v) is 6.99. The number of benzene rings is 1. The van der Waals surface area contributed by atoms with Crippen LogP contribution >= 0.6 is 0 Å². The van der Waals surface area contributed by atoms with Crippen molar-refractivity contribution in [3.63, 3.8) is 0 Å². The maximum atomic E-state index is 13.2. The standard InChI is InChI=1S/C21H17FN6O3/c1-13-16(19(26-31-13)14-2-4-15(22)5-3-14)12-30-18-7-6-17(24-25-18)28-11-10-27-9-8-23-20(27)21(28)29/h2-9H,10-12H2,1H3. The Morgan fingerprint density at radius 3 is 2.74 bits per heavy atom. The van der Waals surface area contributed by atoms with Gasteiger partial charge >= 0.3 is 0 Å². The lowest BCUT2D eigenvalue weighted by atomic mass is 10.1. The summed E-state index contributed by atoms with van der Waals surface area (Å²) >= 11 is 0. The number of aromatic nitrogens is 5. The van der Waals surface area contributed by atoms with E-state index in [2.05, 4.69) is 20.3 Å². The zero-order chi connectivity index (χ0) is 21.4. The number of hydrogen-bond acceptors (Lipinski definition) is 7. The number of amides is 1. The van der Waals surface area contributed by atoms with Gasteiger partial charge in [-0.3, -0.25) is 9.69 Å². The van der Waals surface area contributed by atoms with Gasteiger partial charge in [0.2, 0.25) is 5.88 Å². The number of rotatable bonds is 5. The normalized spacial score (nSPS) is 13.4. The van der Waals surface area contributed by atoms with Crippen LogP contribution in [0.5, 0.6) is 5.88 Å². The van der Waals surface area contributed by atoms with Crippen molar-refractivity contribution in [3.05, 3.63) is 71.8 Å². The lowest BCUT2D eigenvalue weighted by Crippen LogP contribution is -2.41. The lowest BCUT2D eigenvalue weighted by Gasteiger charge is -2.26. The van der Waals surface area contributed by atoms with Crippen LogP contribution in [0.2, 0.25) is 0 Å². The number of carbonyl (C=O) groups is 1. The average Bonchev–Trinajstić information content (AvgIpc) is 3.41. The summed E-state index contributed by atoms with van der Waals surface area (Å²) in [6.07, 6.45) is 3.38. The Labute approximate surface area is 176 Å². The molecule has 0 spiro atoms. The monoisotopic (exact) mass is 420 g/mol. The first kappa shape index (κ1) is 18.9. The smallest absolute Gasteiger partial charge is 0.295 e. The van der Waals surface area contributed by atoms with Gasteiger partial charge in [0, 0.05) is 37.1 Å². The van der Waals surface area contributed by atoms with Gasteiger partial charge in [0.15, 0.2) is 11.6 Å². The number of carbonyl (C=O) groups excluding carboxylic acids is 1. The van der Waals surface area contributed by atoms with Crippen molar-refractivity contribution in [1.82, 2.24) is 24.9 Å². The fraction of sp³-hybridized carbons (Fsp3) is 0.190. The van der Waals surface area contributed by atoms with E-state index in [4.69, 9.17) is 9.26 Å². The highest BCUT2D eigenvalue weighted by atomic mass is 19.1. The van der Waals surface area contributed by atoms with Crippen LogP contribution in [0.15, 0.2) is 53.3 Å². The Morgan fingerprint density at radius 1 is 1.13 bits per heavy atom. The molecule has 0 N–H and O–H groups in total. The molecule has 0 radical (unpaired) electrons. The number of anilines is 1. The Kier molecular flexibility index (Phi) is 4.66. The van der Waals surface area contributed by atoms with Crippen molar-refractivity contribution >= 4 is 11.7 Å². The van der Waals surface area contributed by atoms with Crippen molar-refractivity contribution in [1.29, 1.82) is 0 Å². The van der Waals surface area contributed by atoms with E-state index >= 15 is 0 Å². The fourth-order valence-electron chi connectivity index (χ4n) is 3.41. The number of fused-ring (bicyclic) bond motifs is 1. The van der Waals surface area contributed by atoms with Gasteiger partial charge in [-0.1, -0.05) is 5.16 Å².